The summed E-state index contributed by atoms with van der Waals surface area (Å²) in [5.41, 5.74) is -0.0616. The monoisotopic (exact) mass is 424 g/mol. The first kappa shape index (κ1) is 22.5. The summed E-state index contributed by atoms with van der Waals surface area (Å²) in [5, 5.41) is 5.12. The molecule has 6 nitrogen and oxygen atoms in total. The van der Waals surface area contributed by atoms with E-state index in [1.165, 1.54) is 30.5 Å². The van der Waals surface area contributed by atoms with Crippen LogP contribution in [0, 0.1) is 5.82 Å². The van der Waals surface area contributed by atoms with Gasteiger partial charge in [0.05, 0.1) is 5.56 Å². The highest BCUT2D eigenvalue weighted by molar-refractivity contribution is 5.98. The summed E-state index contributed by atoms with van der Waals surface area (Å²) in [4.78, 5) is 23.3. The molecule has 2 aromatic carbocycles. The highest BCUT2D eigenvalue weighted by Gasteiger charge is 2.31. The average molecular weight is 424 g/mol. The zero-order chi connectivity index (χ0) is 22.1. The van der Waals surface area contributed by atoms with Crippen molar-refractivity contribution in [2.75, 3.05) is 7.05 Å². The van der Waals surface area contributed by atoms with Crippen LogP contribution in [-0.2, 0) is 4.79 Å². The number of ether oxygens (including phenoxy) is 2. The zero-order valence-corrected chi connectivity index (χ0v) is 15.5. The molecule has 2 N–H and O–H groups in total. The van der Waals surface area contributed by atoms with Crippen molar-refractivity contribution in [1.29, 1.82) is 0 Å². The number of halogens is 4. The van der Waals surface area contributed by atoms with Crippen LogP contribution >= 0.6 is 0 Å². The maximum absolute atomic E-state index is 13.7. The molecule has 10 heteroatoms. The van der Waals surface area contributed by atoms with Crippen molar-refractivity contribution >= 4 is 12.2 Å². The fourth-order valence-electron chi connectivity index (χ4n) is 2.19. The van der Waals surface area contributed by atoms with Crippen LogP contribution in [0.2, 0.25) is 0 Å². The topological polar surface area (TPSA) is 76.7 Å². The minimum atomic E-state index is -4.83. The molecule has 2 rings (SSSR count). The lowest BCUT2D eigenvalue weighted by molar-refractivity contribution is -0.274. The Labute approximate surface area is 168 Å². The van der Waals surface area contributed by atoms with Gasteiger partial charge in [0, 0.05) is 18.8 Å². The molecule has 0 aliphatic carbocycles. The van der Waals surface area contributed by atoms with Crippen molar-refractivity contribution in [3.8, 4) is 17.2 Å². The van der Waals surface area contributed by atoms with Gasteiger partial charge in [-0.15, -0.1) is 13.2 Å². The molecular formula is C20H16F4N2O4. The third kappa shape index (κ3) is 6.97. The van der Waals surface area contributed by atoms with Crippen molar-refractivity contribution in [3.05, 3.63) is 77.9 Å². The Kier molecular flexibility index (Phi) is 7.56. The summed E-state index contributed by atoms with van der Waals surface area (Å²) in [6.45, 7) is 0. The van der Waals surface area contributed by atoms with Gasteiger partial charge in [-0.05, 0) is 54.7 Å². The van der Waals surface area contributed by atoms with Gasteiger partial charge in [-0.2, -0.15) is 0 Å². The average Bonchev–Trinajstić information content (AvgIpc) is 2.68. The molecule has 0 bridgehead atoms. The zero-order valence-electron chi connectivity index (χ0n) is 15.5. The molecule has 0 fully saturated rings. The molecule has 0 aliphatic rings. The van der Waals surface area contributed by atoms with Crippen molar-refractivity contribution in [1.82, 2.24) is 10.6 Å². The van der Waals surface area contributed by atoms with E-state index in [4.69, 9.17) is 4.74 Å². The van der Waals surface area contributed by atoms with E-state index >= 15 is 0 Å². The van der Waals surface area contributed by atoms with Gasteiger partial charge in [0.1, 0.15) is 29.4 Å². The second-order valence-electron chi connectivity index (χ2n) is 5.60. The van der Waals surface area contributed by atoms with Crippen LogP contribution < -0.4 is 20.1 Å². The highest BCUT2D eigenvalue weighted by Crippen LogP contribution is 2.29. The number of alkyl halides is 3. The highest BCUT2D eigenvalue weighted by atomic mass is 19.4. The smallest absolute Gasteiger partial charge is 0.457 e. The maximum Gasteiger partial charge on any atom is 0.573 e. The summed E-state index contributed by atoms with van der Waals surface area (Å²) in [7, 11) is 1.61. The van der Waals surface area contributed by atoms with E-state index in [0.29, 0.717) is 6.29 Å². The summed E-state index contributed by atoms with van der Waals surface area (Å²) < 4.78 is 59.7. The Morgan fingerprint density at radius 2 is 1.73 bits per heavy atom. The van der Waals surface area contributed by atoms with Gasteiger partial charge in [0.2, 0.25) is 0 Å². The lowest BCUT2D eigenvalue weighted by Crippen LogP contribution is -2.23. The molecule has 0 spiro atoms. The second kappa shape index (κ2) is 10.1. The van der Waals surface area contributed by atoms with Crippen LogP contribution in [-0.4, -0.2) is 25.6 Å². The van der Waals surface area contributed by atoms with Crippen LogP contribution in [0.15, 0.2) is 66.5 Å². The largest absolute Gasteiger partial charge is 0.573 e. The van der Waals surface area contributed by atoms with Gasteiger partial charge in [0.25, 0.3) is 5.91 Å². The molecule has 2 aromatic rings. The van der Waals surface area contributed by atoms with E-state index < -0.39 is 23.8 Å². The molecule has 1 amide bonds. The van der Waals surface area contributed by atoms with Gasteiger partial charge in [-0.3, -0.25) is 9.59 Å². The molecule has 0 saturated heterocycles. The molecule has 0 saturated carbocycles. The summed E-state index contributed by atoms with van der Waals surface area (Å²) in [6.07, 6.45) is -0.415. The Bertz CT molecular complexity index is 954. The fraction of sp³-hybridized carbons (Fsp3) is 0.100. The normalized spacial score (nSPS) is 11.8. The Balaban J connectivity index is 2.24. The Morgan fingerprint density at radius 1 is 1.07 bits per heavy atom. The maximum atomic E-state index is 13.7. The molecule has 0 unspecified atom stereocenters. The minimum Gasteiger partial charge on any atom is -0.457 e. The van der Waals surface area contributed by atoms with E-state index in [-0.39, 0.29) is 22.8 Å². The van der Waals surface area contributed by atoms with Crippen LogP contribution in [0.3, 0.4) is 0 Å². The number of amides is 1. The van der Waals surface area contributed by atoms with Gasteiger partial charge >= 0.3 is 6.36 Å². The first-order chi connectivity index (χ1) is 14.2. The quantitative estimate of drug-likeness (QED) is 0.289. The van der Waals surface area contributed by atoms with E-state index in [2.05, 4.69) is 15.4 Å². The molecule has 0 aliphatic heterocycles. The van der Waals surface area contributed by atoms with Crippen LogP contribution in [0.25, 0.3) is 0 Å². The number of hydrogen-bond donors (Lipinski definition) is 2. The summed E-state index contributed by atoms with van der Waals surface area (Å²) >= 11 is 0. The predicted molar refractivity (Wildman–Crippen MR) is 99.4 cm³/mol. The van der Waals surface area contributed by atoms with E-state index in [9.17, 15) is 27.2 Å². The number of allylic oxidation sites excluding steroid dienone is 2. The third-order valence-electron chi connectivity index (χ3n) is 3.41. The third-order valence-corrected chi connectivity index (χ3v) is 3.41. The number of rotatable bonds is 8. The number of aldehydes is 1. The van der Waals surface area contributed by atoms with Crippen molar-refractivity contribution in [3.63, 3.8) is 0 Å². The molecule has 0 radical (unpaired) electrons. The van der Waals surface area contributed by atoms with Crippen LogP contribution in [0.4, 0.5) is 17.6 Å². The number of hydrogen-bond acceptors (Lipinski definition) is 5. The Morgan fingerprint density at radius 3 is 2.33 bits per heavy atom. The lowest BCUT2D eigenvalue weighted by atomic mass is 10.1. The van der Waals surface area contributed by atoms with Gasteiger partial charge < -0.3 is 20.1 Å². The molecule has 0 aromatic heterocycles. The predicted octanol–water partition coefficient (Wildman–Crippen LogP) is 4.06. The van der Waals surface area contributed by atoms with Crippen LogP contribution in [0.1, 0.15) is 10.4 Å². The summed E-state index contributed by atoms with van der Waals surface area (Å²) in [6, 6.07) is 7.61. The number of carbonyl (C=O) groups excluding carboxylic acids is 2. The first-order valence-corrected chi connectivity index (χ1v) is 8.35. The Hall–Kier alpha value is -3.82. The summed E-state index contributed by atoms with van der Waals surface area (Å²) in [5.74, 6) is -1.90. The molecule has 0 atom stereocenters. The van der Waals surface area contributed by atoms with Gasteiger partial charge in [-0.25, -0.2) is 4.39 Å². The lowest BCUT2D eigenvalue weighted by Gasteiger charge is -2.13. The molecular weight excluding hydrogens is 408 g/mol. The van der Waals surface area contributed by atoms with Crippen molar-refractivity contribution in [2.45, 2.75) is 6.36 Å². The van der Waals surface area contributed by atoms with Crippen molar-refractivity contribution in [2.24, 2.45) is 0 Å². The van der Waals surface area contributed by atoms with E-state index in [0.717, 1.165) is 30.3 Å². The standard InChI is InChI=1S/C20H16F4N2O4/c1-25-10-8-14(9-11-27)26-19(28)17-12-13(21)2-7-18(17)29-15-3-5-16(6-4-15)30-20(22,23)24/h2-12,25H,1H3,(H,26,28)/b10-8-,14-9+. The molecule has 0 heterocycles. The molecule has 30 heavy (non-hydrogen) atoms. The van der Waals surface area contributed by atoms with E-state index in [1.54, 1.807) is 7.05 Å². The van der Waals surface area contributed by atoms with E-state index in [1.807, 2.05) is 0 Å². The van der Waals surface area contributed by atoms with Crippen LogP contribution in [0.5, 0.6) is 17.2 Å². The van der Waals surface area contributed by atoms with Gasteiger partial charge in [-0.1, -0.05) is 0 Å². The number of nitrogens with one attached hydrogen (secondary N) is 2. The minimum absolute atomic E-state index is 0.0542. The number of benzene rings is 2. The van der Waals surface area contributed by atoms with Crippen molar-refractivity contribution < 1.29 is 36.6 Å². The first-order valence-electron chi connectivity index (χ1n) is 8.35. The fourth-order valence-corrected chi connectivity index (χ4v) is 2.19. The SMILES string of the molecule is CN/C=C\C(=C/C=O)NC(=O)c1cc(F)ccc1Oc1ccc(OC(F)(F)F)cc1. The van der Waals surface area contributed by atoms with Gasteiger partial charge in [0.15, 0.2) is 0 Å². The second-order valence-corrected chi connectivity index (χ2v) is 5.60. The number of carbonyl (C=O) groups is 2. The molecule has 158 valence electrons.